The van der Waals surface area contributed by atoms with Crippen molar-refractivity contribution < 1.29 is 19.8 Å². The number of carbonyl (C=O) groups is 2. The van der Waals surface area contributed by atoms with Crippen molar-refractivity contribution in [3.63, 3.8) is 0 Å². The van der Waals surface area contributed by atoms with Crippen LogP contribution in [0.15, 0.2) is 42.5 Å². The first-order valence-corrected chi connectivity index (χ1v) is 10.7. The molecule has 1 aliphatic rings. The van der Waals surface area contributed by atoms with Gasteiger partial charge in [0.2, 0.25) is 0 Å². The third-order valence-corrected chi connectivity index (χ3v) is 5.72. The Morgan fingerprint density at radius 1 is 0.655 bits per heavy atom. The third-order valence-electron chi connectivity index (χ3n) is 5.72. The Labute approximate surface area is 172 Å². The summed E-state index contributed by atoms with van der Waals surface area (Å²) in [5.74, 6) is -0.277. The molecule has 4 heteroatoms. The number of hydrogen-bond donors (Lipinski definition) is 2. The fraction of sp³-hybridized carbons (Fsp3) is 0.440. The van der Waals surface area contributed by atoms with Gasteiger partial charge in [-0.05, 0) is 30.5 Å². The molecule has 0 aromatic heterocycles. The van der Waals surface area contributed by atoms with Gasteiger partial charge in [0.05, 0.1) is 6.10 Å². The monoisotopic (exact) mass is 394 g/mol. The second-order valence-corrected chi connectivity index (χ2v) is 7.87. The van der Waals surface area contributed by atoms with E-state index in [4.69, 9.17) is 5.11 Å². The van der Waals surface area contributed by atoms with E-state index >= 15 is 0 Å². The minimum atomic E-state index is -0.620. The molecule has 29 heavy (non-hydrogen) atoms. The molecule has 0 saturated heterocycles. The minimum absolute atomic E-state index is 0.129. The summed E-state index contributed by atoms with van der Waals surface area (Å²) in [4.78, 5) is 25.5. The van der Waals surface area contributed by atoms with Crippen molar-refractivity contribution in [3.8, 4) is 0 Å². The van der Waals surface area contributed by atoms with E-state index in [0.717, 1.165) is 32.1 Å². The number of benzene rings is 2. The van der Waals surface area contributed by atoms with Gasteiger partial charge in [-0.3, -0.25) is 9.59 Å². The van der Waals surface area contributed by atoms with E-state index in [1.807, 2.05) is 0 Å². The second kappa shape index (κ2) is 10.5. The van der Waals surface area contributed by atoms with Crippen LogP contribution in [0.2, 0.25) is 0 Å². The SMILES string of the molecule is O=C1c2ccccc2C(=O)c2cc(C(O)CCCCCCCCCCO)ccc21. The molecule has 0 bridgehead atoms. The van der Waals surface area contributed by atoms with E-state index in [9.17, 15) is 14.7 Å². The number of carbonyl (C=O) groups excluding carboxylic acids is 2. The van der Waals surface area contributed by atoms with Crippen LogP contribution in [0.5, 0.6) is 0 Å². The van der Waals surface area contributed by atoms with Gasteiger partial charge in [0.15, 0.2) is 11.6 Å². The molecule has 4 nitrogen and oxygen atoms in total. The second-order valence-electron chi connectivity index (χ2n) is 7.87. The summed E-state index contributed by atoms with van der Waals surface area (Å²) >= 11 is 0. The molecule has 0 heterocycles. The number of fused-ring (bicyclic) bond motifs is 2. The van der Waals surface area contributed by atoms with E-state index in [-0.39, 0.29) is 18.2 Å². The fourth-order valence-corrected chi connectivity index (χ4v) is 4.00. The van der Waals surface area contributed by atoms with Gasteiger partial charge in [-0.1, -0.05) is 75.3 Å². The Morgan fingerprint density at radius 2 is 1.17 bits per heavy atom. The summed E-state index contributed by atoms with van der Waals surface area (Å²) in [6.07, 6.45) is 8.76. The Kier molecular flexibility index (Phi) is 7.73. The summed E-state index contributed by atoms with van der Waals surface area (Å²) in [7, 11) is 0. The Hall–Kier alpha value is -2.30. The molecule has 3 rings (SSSR count). The molecular formula is C25H30O4. The average Bonchev–Trinajstić information content (AvgIpc) is 2.76. The van der Waals surface area contributed by atoms with Crippen molar-refractivity contribution in [2.75, 3.05) is 6.61 Å². The van der Waals surface area contributed by atoms with Crippen molar-refractivity contribution in [2.24, 2.45) is 0 Å². The van der Waals surface area contributed by atoms with Crippen molar-refractivity contribution in [3.05, 3.63) is 70.3 Å². The van der Waals surface area contributed by atoms with Gasteiger partial charge in [-0.15, -0.1) is 0 Å². The molecule has 2 aromatic rings. The summed E-state index contributed by atoms with van der Waals surface area (Å²) in [5, 5.41) is 19.3. The highest BCUT2D eigenvalue weighted by Crippen LogP contribution is 2.30. The molecule has 2 N–H and O–H groups in total. The molecule has 0 amide bonds. The van der Waals surface area contributed by atoms with Gasteiger partial charge in [0, 0.05) is 28.9 Å². The fourth-order valence-electron chi connectivity index (χ4n) is 4.00. The highest BCUT2D eigenvalue weighted by molar-refractivity contribution is 6.28. The zero-order valence-corrected chi connectivity index (χ0v) is 16.9. The molecule has 1 aliphatic carbocycles. The third kappa shape index (κ3) is 5.20. The Bertz CT molecular complexity index is 856. The molecule has 2 aromatic carbocycles. The van der Waals surface area contributed by atoms with Crippen molar-refractivity contribution in [2.45, 2.75) is 63.9 Å². The predicted octanol–water partition coefficient (Wildman–Crippen LogP) is 5.00. The van der Waals surface area contributed by atoms with Crippen LogP contribution in [-0.4, -0.2) is 28.4 Å². The average molecular weight is 395 g/mol. The van der Waals surface area contributed by atoms with Crippen LogP contribution >= 0.6 is 0 Å². The highest BCUT2D eigenvalue weighted by Gasteiger charge is 2.29. The van der Waals surface area contributed by atoms with Gasteiger partial charge in [0.1, 0.15) is 0 Å². The first-order chi connectivity index (χ1) is 14.1. The smallest absolute Gasteiger partial charge is 0.194 e. The molecular weight excluding hydrogens is 364 g/mol. The first kappa shape index (κ1) is 21.4. The number of aliphatic hydroxyl groups excluding tert-OH is 2. The van der Waals surface area contributed by atoms with Gasteiger partial charge in [-0.25, -0.2) is 0 Å². The molecule has 0 radical (unpaired) electrons. The summed E-state index contributed by atoms with van der Waals surface area (Å²) in [6, 6.07) is 12.0. The highest BCUT2D eigenvalue weighted by atomic mass is 16.3. The van der Waals surface area contributed by atoms with Gasteiger partial charge in [-0.2, -0.15) is 0 Å². The standard InChI is InChI=1S/C25H30O4/c26-16-10-6-4-2-1-3-5-7-13-23(27)18-14-15-21-22(17-18)25(29)20-12-9-8-11-19(20)24(21)28/h8-9,11-12,14-15,17,23,26-27H,1-7,10,13,16H2. The molecule has 0 spiro atoms. The van der Waals surface area contributed by atoms with Crippen LogP contribution in [0.4, 0.5) is 0 Å². The van der Waals surface area contributed by atoms with Crippen LogP contribution in [-0.2, 0) is 0 Å². The molecule has 0 fully saturated rings. The zero-order chi connectivity index (χ0) is 20.6. The number of aliphatic hydroxyl groups is 2. The normalized spacial score (nSPS) is 13.9. The molecule has 0 aliphatic heterocycles. The maximum atomic E-state index is 12.8. The van der Waals surface area contributed by atoms with Crippen LogP contribution < -0.4 is 0 Å². The van der Waals surface area contributed by atoms with Gasteiger partial charge >= 0.3 is 0 Å². The van der Waals surface area contributed by atoms with Crippen molar-refractivity contribution in [1.82, 2.24) is 0 Å². The van der Waals surface area contributed by atoms with Crippen LogP contribution in [0.25, 0.3) is 0 Å². The van der Waals surface area contributed by atoms with E-state index in [2.05, 4.69) is 0 Å². The van der Waals surface area contributed by atoms with Crippen LogP contribution in [0, 0.1) is 0 Å². The number of hydrogen-bond acceptors (Lipinski definition) is 4. The molecule has 1 unspecified atom stereocenters. The zero-order valence-electron chi connectivity index (χ0n) is 16.9. The van der Waals surface area contributed by atoms with E-state index in [1.54, 1.807) is 42.5 Å². The Balaban J connectivity index is 1.52. The summed E-state index contributed by atoms with van der Waals surface area (Å²) in [6.45, 7) is 0.285. The summed E-state index contributed by atoms with van der Waals surface area (Å²) < 4.78 is 0. The summed E-state index contributed by atoms with van der Waals surface area (Å²) in [5.41, 5.74) is 2.41. The molecule has 0 saturated carbocycles. The predicted molar refractivity (Wildman–Crippen MR) is 113 cm³/mol. The quantitative estimate of drug-likeness (QED) is 0.449. The lowest BCUT2D eigenvalue weighted by Crippen LogP contribution is -2.21. The first-order valence-electron chi connectivity index (χ1n) is 10.7. The molecule has 154 valence electrons. The topological polar surface area (TPSA) is 74.6 Å². The van der Waals surface area contributed by atoms with Gasteiger partial charge < -0.3 is 10.2 Å². The van der Waals surface area contributed by atoms with E-state index in [1.165, 1.54) is 19.3 Å². The van der Waals surface area contributed by atoms with Crippen molar-refractivity contribution >= 4 is 11.6 Å². The van der Waals surface area contributed by atoms with Crippen LogP contribution in [0.3, 0.4) is 0 Å². The molecule has 1 atom stereocenters. The number of rotatable bonds is 11. The van der Waals surface area contributed by atoms with E-state index in [0.29, 0.717) is 34.2 Å². The van der Waals surface area contributed by atoms with Crippen LogP contribution in [0.1, 0.15) is 101 Å². The van der Waals surface area contributed by atoms with Gasteiger partial charge in [0.25, 0.3) is 0 Å². The number of ketones is 2. The van der Waals surface area contributed by atoms with E-state index < -0.39 is 6.10 Å². The lowest BCUT2D eigenvalue weighted by Gasteiger charge is -2.19. The largest absolute Gasteiger partial charge is 0.396 e. The lowest BCUT2D eigenvalue weighted by molar-refractivity contribution is 0.0978. The number of unbranched alkanes of at least 4 members (excludes halogenated alkanes) is 7. The lowest BCUT2D eigenvalue weighted by atomic mass is 9.83. The minimum Gasteiger partial charge on any atom is -0.396 e. The Morgan fingerprint density at radius 3 is 1.79 bits per heavy atom. The van der Waals surface area contributed by atoms with Crippen molar-refractivity contribution in [1.29, 1.82) is 0 Å². The maximum absolute atomic E-state index is 12.8. The maximum Gasteiger partial charge on any atom is 0.194 e.